The summed E-state index contributed by atoms with van der Waals surface area (Å²) in [5.41, 5.74) is 8.02. The molecule has 1 aromatic rings. The Labute approximate surface area is 103 Å². The van der Waals surface area contributed by atoms with Crippen LogP contribution in [0.1, 0.15) is 24.0 Å². The second kappa shape index (κ2) is 5.52. The first kappa shape index (κ1) is 12.4. The van der Waals surface area contributed by atoms with Crippen molar-refractivity contribution >= 4 is 0 Å². The molecule has 1 fully saturated rings. The molecule has 17 heavy (non-hydrogen) atoms. The highest BCUT2D eigenvalue weighted by molar-refractivity contribution is 5.35. The van der Waals surface area contributed by atoms with Crippen LogP contribution in [0.3, 0.4) is 0 Å². The molecule has 0 aliphatic carbocycles. The Hall–Kier alpha value is -1.06. The lowest BCUT2D eigenvalue weighted by Gasteiger charge is -2.15. The Morgan fingerprint density at radius 1 is 1.29 bits per heavy atom. The molecule has 0 bridgehead atoms. The molecule has 1 aromatic carbocycles. The van der Waals surface area contributed by atoms with Gasteiger partial charge in [0.25, 0.3) is 0 Å². The van der Waals surface area contributed by atoms with Crippen LogP contribution in [0, 0.1) is 13.8 Å². The molecule has 0 aromatic heterocycles. The van der Waals surface area contributed by atoms with Crippen LogP contribution in [0.2, 0.25) is 0 Å². The van der Waals surface area contributed by atoms with E-state index in [0.717, 1.165) is 18.6 Å². The van der Waals surface area contributed by atoms with Crippen molar-refractivity contribution in [1.82, 2.24) is 0 Å². The molecule has 2 N–H and O–H groups in total. The molecule has 1 saturated heterocycles. The van der Waals surface area contributed by atoms with E-state index >= 15 is 0 Å². The topological polar surface area (TPSA) is 44.5 Å². The van der Waals surface area contributed by atoms with Crippen molar-refractivity contribution in [3.05, 3.63) is 29.3 Å². The Morgan fingerprint density at radius 3 is 2.71 bits per heavy atom. The average Bonchev–Trinajstić information content (AvgIpc) is 2.76. The van der Waals surface area contributed by atoms with Crippen LogP contribution >= 0.6 is 0 Å². The summed E-state index contributed by atoms with van der Waals surface area (Å²) >= 11 is 0. The van der Waals surface area contributed by atoms with E-state index in [1.807, 2.05) is 6.07 Å². The second-order valence-electron chi connectivity index (χ2n) is 4.77. The number of aryl methyl sites for hydroxylation is 2. The van der Waals surface area contributed by atoms with E-state index < -0.39 is 0 Å². The van der Waals surface area contributed by atoms with Gasteiger partial charge >= 0.3 is 0 Å². The lowest BCUT2D eigenvalue weighted by atomic mass is 10.1. The minimum atomic E-state index is 0.198. The lowest BCUT2D eigenvalue weighted by Crippen LogP contribution is -2.23. The summed E-state index contributed by atoms with van der Waals surface area (Å²) < 4.78 is 11.5. The normalized spacial score (nSPS) is 23.9. The fraction of sp³-hybridized carbons (Fsp3) is 0.571. The highest BCUT2D eigenvalue weighted by atomic mass is 16.5. The molecule has 3 heteroatoms. The average molecular weight is 235 g/mol. The van der Waals surface area contributed by atoms with E-state index in [0.29, 0.717) is 13.2 Å². The van der Waals surface area contributed by atoms with Gasteiger partial charge in [0.05, 0.1) is 12.2 Å². The number of benzene rings is 1. The first-order valence-corrected chi connectivity index (χ1v) is 6.24. The predicted octanol–water partition coefficient (Wildman–Crippen LogP) is 2.19. The van der Waals surface area contributed by atoms with Gasteiger partial charge in [0.15, 0.2) is 0 Å². The molecular weight excluding hydrogens is 214 g/mol. The highest BCUT2D eigenvalue weighted by Crippen LogP contribution is 2.22. The van der Waals surface area contributed by atoms with Crippen molar-refractivity contribution in [1.29, 1.82) is 0 Å². The summed E-state index contributed by atoms with van der Waals surface area (Å²) in [4.78, 5) is 0. The van der Waals surface area contributed by atoms with Crippen molar-refractivity contribution in [3.63, 3.8) is 0 Å². The Bertz CT molecular complexity index is 378. The Kier molecular flexibility index (Phi) is 4.02. The van der Waals surface area contributed by atoms with Gasteiger partial charge in [0, 0.05) is 6.54 Å². The van der Waals surface area contributed by atoms with Crippen LogP contribution in [0.25, 0.3) is 0 Å². The molecular formula is C14H21NO2. The third-order valence-electron chi connectivity index (χ3n) is 3.21. The molecule has 1 aliphatic rings. The summed E-state index contributed by atoms with van der Waals surface area (Å²) in [5, 5.41) is 0. The zero-order valence-electron chi connectivity index (χ0n) is 10.6. The molecule has 2 unspecified atom stereocenters. The Morgan fingerprint density at radius 2 is 2.06 bits per heavy atom. The van der Waals surface area contributed by atoms with Gasteiger partial charge < -0.3 is 15.2 Å². The fourth-order valence-corrected chi connectivity index (χ4v) is 2.22. The fourth-order valence-electron chi connectivity index (χ4n) is 2.22. The Balaban J connectivity index is 1.86. The third kappa shape index (κ3) is 3.20. The van der Waals surface area contributed by atoms with Crippen molar-refractivity contribution in [2.24, 2.45) is 5.73 Å². The largest absolute Gasteiger partial charge is 0.491 e. The maximum atomic E-state index is 5.80. The van der Waals surface area contributed by atoms with Crippen molar-refractivity contribution < 1.29 is 9.47 Å². The number of nitrogens with two attached hydrogens (primary N) is 1. The second-order valence-corrected chi connectivity index (χ2v) is 4.77. The maximum absolute atomic E-state index is 5.80. The van der Waals surface area contributed by atoms with Crippen LogP contribution in [-0.2, 0) is 4.74 Å². The number of ether oxygens (including phenoxy) is 2. The molecule has 0 saturated carbocycles. The van der Waals surface area contributed by atoms with Gasteiger partial charge in [-0.15, -0.1) is 0 Å². The van der Waals surface area contributed by atoms with E-state index in [4.69, 9.17) is 15.2 Å². The molecule has 94 valence electrons. The zero-order valence-corrected chi connectivity index (χ0v) is 10.6. The molecule has 2 atom stereocenters. The first-order valence-electron chi connectivity index (χ1n) is 6.24. The summed E-state index contributed by atoms with van der Waals surface area (Å²) in [6.07, 6.45) is 2.52. The van der Waals surface area contributed by atoms with E-state index in [-0.39, 0.29) is 12.2 Å². The highest BCUT2D eigenvalue weighted by Gasteiger charge is 2.24. The molecule has 0 spiro atoms. The van der Waals surface area contributed by atoms with Crippen LogP contribution in [0.15, 0.2) is 18.2 Å². The molecule has 1 aliphatic heterocycles. The van der Waals surface area contributed by atoms with Crippen molar-refractivity contribution in [2.75, 3.05) is 13.2 Å². The third-order valence-corrected chi connectivity index (χ3v) is 3.21. The standard InChI is InChI=1S/C14H21NO2/c1-10-3-6-14(11(2)7-10)16-9-13-5-4-12(8-15)17-13/h3,6-7,12-13H,4-5,8-9,15H2,1-2H3. The van der Waals surface area contributed by atoms with E-state index in [1.165, 1.54) is 11.1 Å². The predicted molar refractivity (Wildman–Crippen MR) is 68.4 cm³/mol. The number of hydrogen-bond donors (Lipinski definition) is 1. The van der Waals surface area contributed by atoms with Gasteiger partial charge in [-0.05, 0) is 38.3 Å². The quantitative estimate of drug-likeness (QED) is 0.870. The van der Waals surface area contributed by atoms with E-state index in [1.54, 1.807) is 0 Å². The lowest BCUT2D eigenvalue weighted by molar-refractivity contribution is 0.0220. The summed E-state index contributed by atoms with van der Waals surface area (Å²) in [6.45, 7) is 5.39. The SMILES string of the molecule is Cc1ccc(OCC2CCC(CN)O2)c(C)c1. The minimum Gasteiger partial charge on any atom is -0.491 e. The summed E-state index contributed by atoms with van der Waals surface area (Å²) in [6, 6.07) is 6.23. The molecule has 2 rings (SSSR count). The van der Waals surface area contributed by atoms with Gasteiger partial charge in [-0.3, -0.25) is 0 Å². The molecule has 1 heterocycles. The zero-order chi connectivity index (χ0) is 12.3. The van der Waals surface area contributed by atoms with Crippen molar-refractivity contribution in [3.8, 4) is 5.75 Å². The smallest absolute Gasteiger partial charge is 0.122 e. The summed E-state index contributed by atoms with van der Waals surface area (Å²) in [5.74, 6) is 0.954. The van der Waals surface area contributed by atoms with Gasteiger partial charge in [-0.2, -0.15) is 0 Å². The minimum absolute atomic E-state index is 0.198. The van der Waals surface area contributed by atoms with Crippen LogP contribution in [0.4, 0.5) is 0 Å². The van der Waals surface area contributed by atoms with Crippen molar-refractivity contribution in [2.45, 2.75) is 38.9 Å². The van der Waals surface area contributed by atoms with Crippen LogP contribution < -0.4 is 10.5 Å². The molecule has 0 radical (unpaired) electrons. The summed E-state index contributed by atoms with van der Waals surface area (Å²) in [7, 11) is 0. The maximum Gasteiger partial charge on any atom is 0.122 e. The van der Waals surface area contributed by atoms with Crippen LogP contribution in [-0.4, -0.2) is 25.4 Å². The van der Waals surface area contributed by atoms with Gasteiger partial charge in [0.1, 0.15) is 12.4 Å². The number of hydrogen-bond acceptors (Lipinski definition) is 3. The van der Waals surface area contributed by atoms with Gasteiger partial charge in [-0.1, -0.05) is 17.7 Å². The number of rotatable bonds is 4. The monoisotopic (exact) mass is 235 g/mol. The van der Waals surface area contributed by atoms with Gasteiger partial charge in [0.2, 0.25) is 0 Å². The van der Waals surface area contributed by atoms with E-state index in [9.17, 15) is 0 Å². The molecule has 0 amide bonds. The van der Waals surface area contributed by atoms with E-state index in [2.05, 4.69) is 26.0 Å². The van der Waals surface area contributed by atoms with Crippen LogP contribution in [0.5, 0.6) is 5.75 Å². The van der Waals surface area contributed by atoms with Gasteiger partial charge in [-0.25, -0.2) is 0 Å². The molecule has 3 nitrogen and oxygen atoms in total. The first-order chi connectivity index (χ1) is 8.19.